The Morgan fingerprint density at radius 2 is 2.21 bits per heavy atom. The monoisotopic (exact) mass is 264 g/mol. The van der Waals surface area contributed by atoms with Crippen LogP contribution < -0.4 is 5.43 Å². The third kappa shape index (κ3) is 2.83. The summed E-state index contributed by atoms with van der Waals surface area (Å²) in [6, 6.07) is 1.37. The van der Waals surface area contributed by atoms with Crippen LogP contribution in [0, 0.1) is 12.8 Å². The highest BCUT2D eigenvalue weighted by Gasteiger charge is 2.29. The molecule has 102 valence electrons. The Labute approximate surface area is 110 Å². The Kier molecular flexibility index (Phi) is 3.69. The van der Waals surface area contributed by atoms with E-state index in [0.717, 1.165) is 0 Å². The van der Waals surface area contributed by atoms with E-state index >= 15 is 0 Å². The molecule has 1 aliphatic heterocycles. The molecule has 0 bridgehead atoms. The first kappa shape index (κ1) is 13.3. The fourth-order valence-electron chi connectivity index (χ4n) is 2.27. The molecule has 6 nitrogen and oxygen atoms in total. The lowest BCUT2D eigenvalue weighted by molar-refractivity contribution is -0.143. The van der Waals surface area contributed by atoms with Gasteiger partial charge in [0.1, 0.15) is 5.56 Å². The molecule has 1 aliphatic rings. The molecule has 1 fully saturated rings. The standard InChI is InChI=1S/C13H16N2O4/c1-8-5-11(16)10(6-14-8)12(17)15-4-2-3-9(7-15)13(18)19/h5-6,9H,2-4,7H2,1H3,(H,14,16)(H,18,19)/t9-/m0/s1. The van der Waals surface area contributed by atoms with E-state index in [9.17, 15) is 14.4 Å². The van der Waals surface area contributed by atoms with Crippen molar-refractivity contribution in [3.8, 4) is 0 Å². The van der Waals surface area contributed by atoms with Crippen LogP contribution in [0.1, 0.15) is 28.9 Å². The molecule has 19 heavy (non-hydrogen) atoms. The van der Waals surface area contributed by atoms with Crippen LogP contribution in [0.15, 0.2) is 17.1 Å². The molecule has 6 heteroatoms. The second kappa shape index (κ2) is 5.26. The first-order chi connectivity index (χ1) is 8.99. The highest BCUT2D eigenvalue weighted by Crippen LogP contribution is 2.17. The van der Waals surface area contributed by atoms with Crippen LogP contribution in [-0.4, -0.2) is 40.0 Å². The molecule has 0 aromatic carbocycles. The van der Waals surface area contributed by atoms with Gasteiger partial charge in [0.25, 0.3) is 5.91 Å². The van der Waals surface area contributed by atoms with E-state index in [2.05, 4.69) is 4.98 Å². The number of aromatic nitrogens is 1. The van der Waals surface area contributed by atoms with E-state index in [0.29, 0.717) is 25.1 Å². The van der Waals surface area contributed by atoms with Gasteiger partial charge in [0.05, 0.1) is 5.92 Å². The molecule has 0 unspecified atom stereocenters. The number of nitrogens with zero attached hydrogens (tertiary/aromatic N) is 1. The van der Waals surface area contributed by atoms with Gasteiger partial charge in [-0.3, -0.25) is 14.4 Å². The number of aliphatic carboxylic acids is 1. The maximum Gasteiger partial charge on any atom is 0.308 e. The second-order valence-corrected chi connectivity index (χ2v) is 4.82. The van der Waals surface area contributed by atoms with Crippen molar-refractivity contribution in [2.75, 3.05) is 13.1 Å². The van der Waals surface area contributed by atoms with Gasteiger partial charge in [-0.2, -0.15) is 0 Å². The summed E-state index contributed by atoms with van der Waals surface area (Å²) in [6.07, 6.45) is 2.61. The molecule has 1 atom stereocenters. The molecule has 0 aliphatic carbocycles. The number of hydrogen-bond donors (Lipinski definition) is 2. The summed E-state index contributed by atoms with van der Waals surface area (Å²) in [5.74, 6) is -1.83. The van der Waals surface area contributed by atoms with Crippen LogP contribution >= 0.6 is 0 Å². The van der Waals surface area contributed by atoms with Crippen LogP contribution in [0.3, 0.4) is 0 Å². The van der Waals surface area contributed by atoms with E-state index < -0.39 is 17.8 Å². The summed E-state index contributed by atoms with van der Waals surface area (Å²) in [5.41, 5.74) is 0.416. The number of carboxylic acids is 1. The highest BCUT2D eigenvalue weighted by molar-refractivity contribution is 5.94. The predicted molar refractivity (Wildman–Crippen MR) is 68.1 cm³/mol. The van der Waals surface area contributed by atoms with Crippen molar-refractivity contribution in [3.63, 3.8) is 0 Å². The van der Waals surface area contributed by atoms with Gasteiger partial charge in [0.15, 0.2) is 5.43 Å². The molecule has 1 amide bonds. The molecule has 1 saturated heterocycles. The first-order valence-electron chi connectivity index (χ1n) is 6.20. The lowest BCUT2D eigenvalue weighted by atomic mass is 9.98. The SMILES string of the molecule is Cc1cc(=O)c(C(=O)N2CCC[C@H](C(=O)O)C2)c[nH]1. The summed E-state index contributed by atoms with van der Waals surface area (Å²) in [4.78, 5) is 39.2. The molecule has 1 aromatic rings. The normalized spacial score (nSPS) is 19.2. The minimum atomic E-state index is -0.893. The van der Waals surface area contributed by atoms with Gasteiger partial charge in [0.2, 0.25) is 0 Å². The van der Waals surface area contributed by atoms with E-state index in [1.54, 1.807) is 6.92 Å². The Bertz CT molecular complexity index is 564. The number of aryl methyl sites for hydroxylation is 1. The van der Waals surface area contributed by atoms with E-state index in [-0.39, 0.29) is 17.5 Å². The number of nitrogens with one attached hydrogen (secondary N) is 1. The number of pyridine rings is 1. The van der Waals surface area contributed by atoms with Gasteiger partial charge in [-0.15, -0.1) is 0 Å². The third-order valence-electron chi connectivity index (χ3n) is 3.35. The largest absolute Gasteiger partial charge is 0.481 e. The van der Waals surface area contributed by atoms with Gasteiger partial charge < -0.3 is 15.0 Å². The van der Waals surface area contributed by atoms with Gasteiger partial charge in [0, 0.05) is 31.0 Å². The van der Waals surface area contributed by atoms with Gasteiger partial charge in [-0.1, -0.05) is 0 Å². The molecule has 0 radical (unpaired) electrons. The molecule has 2 rings (SSSR count). The van der Waals surface area contributed by atoms with Crippen molar-refractivity contribution in [1.82, 2.24) is 9.88 Å². The summed E-state index contributed by atoms with van der Waals surface area (Å²) in [6.45, 7) is 2.40. The van der Waals surface area contributed by atoms with Crippen LogP contribution in [0.2, 0.25) is 0 Å². The van der Waals surface area contributed by atoms with E-state index in [1.807, 2.05) is 0 Å². The van der Waals surface area contributed by atoms with E-state index in [4.69, 9.17) is 5.11 Å². The van der Waals surface area contributed by atoms with E-state index in [1.165, 1.54) is 17.2 Å². The van der Waals surface area contributed by atoms with Gasteiger partial charge in [-0.25, -0.2) is 0 Å². The predicted octanol–water partition coefficient (Wildman–Crippen LogP) is 0.620. The summed E-state index contributed by atoms with van der Waals surface area (Å²) >= 11 is 0. The number of likely N-dealkylation sites (tertiary alicyclic amines) is 1. The number of carbonyl (C=O) groups excluding carboxylic acids is 1. The van der Waals surface area contributed by atoms with Crippen LogP contribution in [0.4, 0.5) is 0 Å². The number of H-pyrrole nitrogens is 1. The quantitative estimate of drug-likeness (QED) is 0.819. The Morgan fingerprint density at radius 1 is 1.47 bits per heavy atom. The second-order valence-electron chi connectivity index (χ2n) is 4.82. The Morgan fingerprint density at radius 3 is 2.84 bits per heavy atom. The number of hydrogen-bond acceptors (Lipinski definition) is 3. The number of piperidine rings is 1. The lowest BCUT2D eigenvalue weighted by Crippen LogP contribution is -2.43. The molecule has 2 heterocycles. The number of aromatic amines is 1. The van der Waals surface area contributed by atoms with Crippen molar-refractivity contribution < 1.29 is 14.7 Å². The topological polar surface area (TPSA) is 90.5 Å². The zero-order chi connectivity index (χ0) is 14.0. The summed E-state index contributed by atoms with van der Waals surface area (Å²) in [5, 5.41) is 8.99. The Hall–Kier alpha value is -2.11. The minimum Gasteiger partial charge on any atom is -0.481 e. The van der Waals surface area contributed by atoms with Crippen LogP contribution in [0.5, 0.6) is 0 Å². The summed E-state index contributed by atoms with van der Waals surface area (Å²) < 4.78 is 0. The first-order valence-corrected chi connectivity index (χ1v) is 6.20. The van der Waals surface area contributed by atoms with Crippen molar-refractivity contribution in [1.29, 1.82) is 0 Å². The molecule has 2 N–H and O–H groups in total. The molecular formula is C13H16N2O4. The molecular weight excluding hydrogens is 248 g/mol. The van der Waals surface area contributed by atoms with Crippen molar-refractivity contribution in [3.05, 3.63) is 33.7 Å². The average molecular weight is 264 g/mol. The number of rotatable bonds is 2. The fraction of sp³-hybridized carbons (Fsp3) is 0.462. The van der Waals surface area contributed by atoms with Crippen LogP contribution in [0.25, 0.3) is 0 Å². The molecule has 0 spiro atoms. The lowest BCUT2D eigenvalue weighted by Gasteiger charge is -2.30. The smallest absolute Gasteiger partial charge is 0.308 e. The number of carboxylic acid groups (broad SMARTS) is 1. The maximum absolute atomic E-state index is 12.2. The maximum atomic E-state index is 12.2. The van der Waals surface area contributed by atoms with Gasteiger partial charge in [-0.05, 0) is 19.8 Å². The van der Waals surface area contributed by atoms with Gasteiger partial charge >= 0.3 is 5.97 Å². The molecule has 0 saturated carbocycles. The zero-order valence-corrected chi connectivity index (χ0v) is 10.7. The molecule has 1 aromatic heterocycles. The Balaban J connectivity index is 2.19. The zero-order valence-electron chi connectivity index (χ0n) is 10.7. The summed E-state index contributed by atoms with van der Waals surface area (Å²) in [7, 11) is 0. The number of carbonyl (C=O) groups is 2. The highest BCUT2D eigenvalue weighted by atomic mass is 16.4. The van der Waals surface area contributed by atoms with Crippen molar-refractivity contribution in [2.45, 2.75) is 19.8 Å². The minimum absolute atomic E-state index is 0.0663. The van der Waals surface area contributed by atoms with Crippen molar-refractivity contribution in [2.24, 2.45) is 5.92 Å². The third-order valence-corrected chi connectivity index (χ3v) is 3.35. The fourth-order valence-corrected chi connectivity index (χ4v) is 2.27. The van der Waals surface area contributed by atoms with Crippen molar-refractivity contribution >= 4 is 11.9 Å². The average Bonchev–Trinajstić information content (AvgIpc) is 2.38. The van der Waals surface area contributed by atoms with Crippen LogP contribution in [-0.2, 0) is 4.79 Å². The number of amides is 1.